The fourth-order valence-corrected chi connectivity index (χ4v) is 2.86. The van der Waals surface area contributed by atoms with E-state index in [9.17, 15) is 9.18 Å². The Morgan fingerprint density at radius 2 is 2.04 bits per heavy atom. The number of nitrogens with one attached hydrogen (secondary N) is 1. The Kier molecular flexibility index (Phi) is 4.42. The number of hydrogen-bond acceptors (Lipinski definition) is 4. The third kappa shape index (κ3) is 3.57. The lowest BCUT2D eigenvalue weighted by Crippen LogP contribution is -2.29. The molecule has 1 N–H and O–H groups in total. The van der Waals surface area contributed by atoms with Crippen molar-refractivity contribution in [2.24, 2.45) is 0 Å². The molecule has 136 valence electrons. The van der Waals surface area contributed by atoms with Crippen LogP contribution in [0.1, 0.15) is 16.2 Å². The Bertz CT molecular complexity index is 1070. The van der Waals surface area contributed by atoms with E-state index < -0.39 is 5.82 Å². The first kappa shape index (κ1) is 17.0. The van der Waals surface area contributed by atoms with Crippen molar-refractivity contribution in [2.75, 3.05) is 13.6 Å². The highest BCUT2D eigenvalue weighted by atomic mass is 19.1. The van der Waals surface area contributed by atoms with Crippen molar-refractivity contribution in [1.29, 1.82) is 0 Å². The normalized spacial score (nSPS) is 11.0. The molecule has 0 aliphatic rings. The highest BCUT2D eigenvalue weighted by Gasteiger charge is 2.15. The van der Waals surface area contributed by atoms with Gasteiger partial charge in [-0.15, -0.1) is 0 Å². The number of fused-ring (bicyclic) bond motifs is 1. The van der Waals surface area contributed by atoms with Gasteiger partial charge in [-0.1, -0.05) is 29.4 Å². The van der Waals surface area contributed by atoms with Gasteiger partial charge in [-0.2, -0.15) is 4.98 Å². The van der Waals surface area contributed by atoms with Gasteiger partial charge < -0.3 is 14.4 Å². The van der Waals surface area contributed by atoms with Crippen molar-refractivity contribution in [3.63, 3.8) is 0 Å². The molecule has 1 amide bonds. The Balaban J connectivity index is 1.42. The Morgan fingerprint density at radius 3 is 2.85 bits per heavy atom. The number of carbonyl (C=O) groups excluding carboxylic acids is 1. The predicted molar refractivity (Wildman–Crippen MR) is 98.7 cm³/mol. The molecular weight excluding hydrogens is 347 g/mol. The van der Waals surface area contributed by atoms with Crippen LogP contribution in [0.15, 0.2) is 59.1 Å². The van der Waals surface area contributed by atoms with Gasteiger partial charge in [0.25, 0.3) is 11.8 Å². The molecule has 0 unspecified atom stereocenters. The fraction of sp³-hybridized carbons (Fsp3) is 0.150. The number of hydrogen-bond donors (Lipinski definition) is 1. The lowest BCUT2D eigenvalue weighted by atomic mass is 10.2. The summed E-state index contributed by atoms with van der Waals surface area (Å²) in [4.78, 5) is 21.5. The second-order valence-electron chi connectivity index (χ2n) is 6.27. The number of rotatable bonds is 5. The van der Waals surface area contributed by atoms with Gasteiger partial charge in [0.15, 0.2) is 5.82 Å². The van der Waals surface area contributed by atoms with E-state index in [1.807, 2.05) is 30.3 Å². The van der Waals surface area contributed by atoms with Crippen molar-refractivity contribution in [1.82, 2.24) is 20.0 Å². The summed E-state index contributed by atoms with van der Waals surface area (Å²) in [6, 6.07) is 15.5. The molecule has 0 saturated carbocycles. The molecule has 0 spiro atoms. The molecule has 0 saturated heterocycles. The number of likely N-dealkylation sites (N-methyl/N-ethyl adjacent to an activating group) is 1. The van der Waals surface area contributed by atoms with E-state index in [1.54, 1.807) is 13.1 Å². The quantitative estimate of drug-likeness (QED) is 0.586. The first-order chi connectivity index (χ1) is 13.1. The van der Waals surface area contributed by atoms with E-state index in [1.165, 1.54) is 23.1 Å². The van der Waals surface area contributed by atoms with E-state index in [2.05, 4.69) is 15.1 Å². The van der Waals surface area contributed by atoms with E-state index in [-0.39, 0.29) is 5.91 Å². The number of aromatic amines is 1. The number of amides is 1. The maximum atomic E-state index is 13.3. The fourth-order valence-electron chi connectivity index (χ4n) is 2.86. The molecule has 4 rings (SSSR count). The maximum absolute atomic E-state index is 13.3. The largest absolute Gasteiger partial charge is 0.351 e. The average molecular weight is 364 g/mol. The van der Waals surface area contributed by atoms with Crippen molar-refractivity contribution < 1.29 is 13.7 Å². The van der Waals surface area contributed by atoms with E-state index >= 15 is 0 Å². The van der Waals surface area contributed by atoms with Crippen LogP contribution in [0.5, 0.6) is 0 Å². The number of carbonyl (C=O) groups is 1. The summed E-state index contributed by atoms with van der Waals surface area (Å²) in [7, 11) is 1.66. The third-order valence-electron chi connectivity index (χ3n) is 4.32. The summed E-state index contributed by atoms with van der Waals surface area (Å²) in [5.74, 6) is 0.215. The van der Waals surface area contributed by atoms with Gasteiger partial charge in [0.2, 0.25) is 0 Å². The predicted octanol–water partition coefficient (Wildman–Crippen LogP) is 3.67. The molecular formula is C20H17FN4O2. The molecule has 0 aliphatic heterocycles. The SMILES string of the molecule is CN(CCc1noc(-c2cc3ccccc3[nH]2)n1)C(=O)c1cccc(F)c1. The number of benzene rings is 2. The van der Waals surface area contributed by atoms with E-state index in [0.29, 0.717) is 30.2 Å². The van der Waals surface area contributed by atoms with Crippen LogP contribution >= 0.6 is 0 Å². The summed E-state index contributed by atoms with van der Waals surface area (Å²) in [6.45, 7) is 0.390. The zero-order chi connectivity index (χ0) is 18.8. The van der Waals surface area contributed by atoms with Gasteiger partial charge in [0, 0.05) is 36.5 Å². The molecule has 4 aromatic rings. The Labute approximate surface area is 154 Å². The van der Waals surface area contributed by atoms with Gasteiger partial charge in [-0.05, 0) is 30.3 Å². The molecule has 0 fully saturated rings. The molecule has 0 radical (unpaired) electrons. The summed E-state index contributed by atoms with van der Waals surface area (Å²) in [6.07, 6.45) is 0.432. The lowest BCUT2D eigenvalue weighted by molar-refractivity contribution is 0.0795. The van der Waals surface area contributed by atoms with Crippen LogP contribution in [-0.4, -0.2) is 39.5 Å². The van der Waals surface area contributed by atoms with Crippen molar-refractivity contribution in [2.45, 2.75) is 6.42 Å². The molecule has 0 aliphatic carbocycles. The first-order valence-electron chi connectivity index (χ1n) is 8.52. The number of para-hydroxylation sites is 1. The van der Waals surface area contributed by atoms with Gasteiger partial charge in [-0.25, -0.2) is 4.39 Å². The van der Waals surface area contributed by atoms with Crippen LogP contribution in [0.2, 0.25) is 0 Å². The van der Waals surface area contributed by atoms with Crippen LogP contribution in [0.25, 0.3) is 22.5 Å². The van der Waals surface area contributed by atoms with Crippen molar-refractivity contribution >= 4 is 16.8 Å². The molecule has 7 heteroatoms. The molecule has 2 aromatic heterocycles. The van der Waals surface area contributed by atoms with Crippen LogP contribution < -0.4 is 0 Å². The van der Waals surface area contributed by atoms with E-state index in [4.69, 9.17) is 4.52 Å². The van der Waals surface area contributed by atoms with Gasteiger partial charge in [0.1, 0.15) is 11.5 Å². The molecule has 0 atom stereocenters. The van der Waals surface area contributed by atoms with Crippen molar-refractivity contribution in [3.05, 3.63) is 71.8 Å². The van der Waals surface area contributed by atoms with Crippen LogP contribution in [0.4, 0.5) is 4.39 Å². The lowest BCUT2D eigenvalue weighted by Gasteiger charge is -2.16. The first-order valence-corrected chi connectivity index (χ1v) is 8.52. The minimum Gasteiger partial charge on any atom is -0.351 e. The molecule has 6 nitrogen and oxygen atoms in total. The number of halogens is 1. The topological polar surface area (TPSA) is 75.0 Å². The summed E-state index contributed by atoms with van der Waals surface area (Å²) >= 11 is 0. The Hall–Kier alpha value is -3.48. The smallest absolute Gasteiger partial charge is 0.274 e. The monoisotopic (exact) mass is 364 g/mol. The summed E-state index contributed by atoms with van der Waals surface area (Å²) in [5, 5.41) is 5.04. The molecule has 2 heterocycles. The van der Waals surface area contributed by atoms with Crippen LogP contribution in [0, 0.1) is 5.82 Å². The molecule has 0 bridgehead atoms. The van der Waals surface area contributed by atoms with Gasteiger partial charge in [-0.3, -0.25) is 4.79 Å². The summed E-state index contributed by atoms with van der Waals surface area (Å²) < 4.78 is 18.6. The van der Waals surface area contributed by atoms with Crippen LogP contribution in [0.3, 0.4) is 0 Å². The second-order valence-corrected chi connectivity index (χ2v) is 6.27. The third-order valence-corrected chi connectivity index (χ3v) is 4.32. The molecule has 27 heavy (non-hydrogen) atoms. The summed E-state index contributed by atoms with van der Waals surface area (Å²) in [5.41, 5.74) is 2.05. The highest BCUT2D eigenvalue weighted by Crippen LogP contribution is 2.22. The van der Waals surface area contributed by atoms with Crippen molar-refractivity contribution in [3.8, 4) is 11.6 Å². The average Bonchev–Trinajstić information content (AvgIpc) is 3.32. The van der Waals surface area contributed by atoms with Gasteiger partial charge >= 0.3 is 0 Å². The Morgan fingerprint density at radius 1 is 1.19 bits per heavy atom. The highest BCUT2D eigenvalue weighted by molar-refractivity contribution is 5.94. The molecule has 2 aromatic carbocycles. The number of aromatic nitrogens is 3. The second kappa shape index (κ2) is 7.03. The minimum atomic E-state index is -0.435. The minimum absolute atomic E-state index is 0.256. The maximum Gasteiger partial charge on any atom is 0.274 e. The zero-order valence-electron chi connectivity index (χ0n) is 14.6. The zero-order valence-corrected chi connectivity index (χ0v) is 14.6. The number of nitrogens with zero attached hydrogens (tertiary/aromatic N) is 3. The van der Waals surface area contributed by atoms with Crippen LogP contribution in [-0.2, 0) is 6.42 Å². The standard InChI is InChI=1S/C20H17FN4O2/c1-25(20(26)14-6-4-7-15(21)11-14)10-9-18-23-19(27-24-18)17-12-13-5-2-3-8-16(13)22-17/h2-8,11-12,22H,9-10H2,1H3. The van der Waals surface area contributed by atoms with E-state index in [0.717, 1.165) is 16.6 Å². The number of H-pyrrole nitrogens is 1. The van der Waals surface area contributed by atoms with Gasteiger partial charge in [0.05, 0.1) is 0 Å².